The quantitative estimate of drug-likeness (QED) is 0.474. The van der Waals surface area contributed by atoms with Crippen molar-refractivity contribution in [2.75, 3.05) is 0 Å². The van der Waals surface area contributed by atoms with Gasteiger partial charge in [0.2, 0.25) is 0 Å². The van der Waals surface area contributed by atoms with Gasteiger partial charge in [0.1, 0.15) is 0 Å². The molecule has 2 unspecified atom stereocenters. The number of allylic oxidation sites excluding steroid dienone is 2. The zero-order valence-corrected chi connectivity index (χ0v) is 27.1. The van der Waals surface area contributed by atoms with Crippen molar-refractivity contribution in [3.8, 4) is 0 Å². The first kappa shape index (κ1) is 29.9. The molecular weight excluding hydrogens is 558 g/mol. The minimum Gasteiger partial charge on any atom is -1.00 e. The van der Waals surface area contributed by atoms with E-state index in [0.717, 1.165) is 7.25 Å². The Balaban J connectivity index is 0.00000180. The van der Waals surface area contributed by atoms with Crippen molar-refractivity contribution in [3.63, 3.8) is 0 Å². The number of hydrogen-bond acceptors (Lipinski definition) is 0. The molecule has 0 bridgehead atoms. The fourth-order valence-corrected chi connectivity index (χ4v) is 23.3. The second-order valence-electron chi connectivity index (χ2n) is 12.2. The summed E-state index contributed by atoms with van der Waals surface area (Å²) in [7, 11) is 0. The smallest absolute Gasteiger partial charge is 1.00 e. The van der Waals surface area contributed by atoms with Gasteiger partial charge in [-0.15, -0.1) is 0 Å². The van der Waals surface area contributed by atoms with E-state index in [1.165, 1.54) is 25.7 Å². The number of hydrogen-bond donors (Lipinski definition) is 0. The van der Waals surface area contributed by atoms with E-state index >= 15 is 0 Å². The monoisotopic (exact) mass is 600 g/mol. The third-order valence-electron chi connectivity index (χ3n) is 9.22. The number of benzene rings is 2. The van der Waals surface area contributed by atoms with Crippen LogP contribution in [0.2, 0.25) is 8.26 Å². The molecule has 3 heteroatoms. The summed E-state index contributed by atoms with van der Waals surface area (Å²) in [5.41, 5.74) is 11.4. The Morgan fingerprint density at radius 3 is 1.75 bits per heavy atom. The number of halogens is 2. The van der Waals surface area contributed by atoms with E-state index < -0.39 is 20.3 Å². The van der Waals surface area contributed by atoms with Crippen LogP contribution in [-0.4, -0.2) is 0 Å². The largest absolute Gasteiger partial charge is 1.00 e. The Hall–Kier alpha value is -0.617. The molecule has 3 aliphatic rings. The van der Waals surface area contributed by atoms with Crippen LogP contribution in [0.5, 0.6) is 0 Å². The maximum Gasteiger partial charge on any atom is -1.00 e. The molecule has 0 spiro atoms. The van der Waals surface area contributed by atoms with Crippen LogP contribution in [0.1, 0.15) is 131 Å². The average Bonchev–Trinajstić information content (AvgIpc) is 3.37. The summed E-state index contributed by atoms with van der Waals surface area (Å²) in [4.78, 5) is 0. The van der Waals surface area contributed by atoms with Crippen LogP contribution in [-0.2, 0) is 20.3 Å². The first-order valence-corrected chi connectivity index (χ1v) is 20.3. The molecule has 1 saturated heterocycles. The average molecular weight is 603 g/mol. The van der Waals surface area contributed by atoms with E-state index in [-0.39, 0.29) is 24.8 Å². The van der Waals surface area contributed by atoms with Crippen molar-refractivity contribution in [1.82, 2.24) is 0 Å². The molecule has 1 fully saturated rings. The van der Waals surface area contributed by atoms with Crippen LogP contribution >= 0.6 is 0 Å². The van der Waals surface area contributed by atoms with E-state index in [9.17, 15) is 0 Å². The van der Waals surface area contributed by atoms with Crippen LogP contribution < -0.4 is 24.8 Å². The van der Waals surface area contributed by atoms with E-state index in [1.807, 2.05) is 0 Å². The summed E-state index contributed by atoms with van der Waals surface area (Å²) in [5.74, 6) is 1.76. The van der Waals surface area contributed by atoms with Crippen molar-refractivity contribution in [2.45, 2.75) is 100 Å². The summed E-state index contributed by atoms with van der Waals surface area (Å²) < 4.78 is 4.55. The Labute approximate surface area is 237 Å². The van der Waals surface area contributed by atoms with Crippen LogP contribution in [0.3, 0.4) is 0 Å². The van der Waals surface area contributed by atoms with Crippen LogP contribution in [0.15, 0.2) is 42.5 Å². The topological polar surface area (TPSA) is 0 Å². The molecule has 2 aromatic rings. The molecule has 36 heavy (non-hydrogen) atoms. The molecule has 0 amide bonds. The zero-order valence-electron chi connectivity index (χ0n) is 23.1. The van der Waals surface area contributed by atoms with Gasteiger partial charge in [-0.1, -0.05) is 0 Å². The first-order chi connectivity index (χ1) is 16.3. The maximum absolute atomic E-state index is 2.76. The van der Waals surface area contributed by atoms with Crippen LogP contribution in [0, 0.1) is 0 Å². The van der Waals surface area contributed by atoms with Gasteiger partial charge in [-0.2, -0.15) is 0 Å². The molecule has 5 rings (SSSR count). The minimum absolute atomic E-state index is 0. The summed E-state index contributed by atoms with van der Waals surface area (Å²) in [6.07, 6.45) is 16.3. The summed E-state index contributed by atoms with van der Waals surface area (Å²) in [6.45, 7) is 14.3. The molecule has 2 atom stereocenters. The van der Waals surface area contributed by atoms with Gasteiger partial charge in [-0.25, -0.2) is 0 Å². The van der Waals surface area contributed by atoms with Crippen molar-refractivity contribution in [3.05, 3.63) is 81.4 Å². The van der Waals surface area contributed by atoms with Gasteiger partial charge >= 0.3 is 214 Å². The predicted octanol–water partition coefficient (Wildman–Crippen LogP) is 4.47. The van der Waals surface area contributed by atoms with Crippen molar-refractivity contribution in [2.24, 2.45) is 0 Å². The normalized spacial score (nSPS) is 20.9. The second-order valence-corrected chi connectivity index (χ2v) is 23.8. The second kappa shape index (κ2) is 12.1. The Morgan fingerprint density at radius 2 is 1.14 bits per heavy atom. The molecule has 2 aromatic carbocycles. The molecule has 194 valence electrons. The zero-order chi connectivity index (χ0) is 24.0. The molecule has 0 radical (unpaired) electrons. The van der Waals surface area contributed by atoms with E-state index in [1.54, 1.807) is 47.2 Å². The predicted molar refractivity (Wildman–Crippen MR) is 147 cm³/mol. The SMILES string of the molecule is CC(C)c1cccc2c1C=C[CH]2[Zr+2]1([CH]2C=Cc3c(C(C)C)ccc(C(C)C)c32)[CH2]CCCC[CH2]1.[Cl-].[Cl-]. The van der Waals surface area contributed by atoms with Gasteiger partial charge in [-0.05, 0) is 0 Å². The van der Waals surface area contributed by atoms with Gasteiger partial charge in [0.25, 0.3) is 0 Å². The molecule has 0 saturated carbocycles. The van der Waals surface area contributed by atoms with Gasteiger partial charge in [0, 0.05) is 0 Å². The maximum atomic E-state index is 2.72. The van der Waals surface area contributed by atoms with Crippen LogP contribution in [0.4, 0.5) is 0 Å². The van der Waals surface area contributed by atoms with Crippen molar-refractivity contribution >= 4 is 12.2 Å². The van der Waals surface area contributed by atoms with Gasteiger partial charge in [0.15, 0.2) is 0 Å². The van der Waals surface area contributed by atoms with E-state index in [0.29, 0.717) is 17.8 Å². The van der Waals surface area contributed by atoms with Gasteiger partial charge in [0.05, 0.1) is 0 Å². The fourth-order valence-electron chi connectivity index (χ4n) is 7.55. The van der Waals surface area contributed by atoms with E-state index in [2.05, 4.69) is 96.2 Å². The molecule has 1 aliphatic heterocycles. The summed E-state index contributed by atoms with van der Waals surface area (Å²) in [5, 5.41) is 0. The summed E-state index contributed by atoms with van der Waals surface area (Å²) >= 11 is -2.76. The Bertz CT molecular complexity index is 1120. The van der Waals surface area contributed by atoms with Crippen molar-refractivity contribution < 1.29 is 45.1 Å². The van der Waals surface area contributed by atoms with Gasteiger partial charge < -0.3 is 24.8 Å². The van der Waals surface area contributed by atoms with Gasteiger partial charge in [-0.3, -0.25) is 0 Å². The van der Waals surface area contributed by atoms with Crippen molar-refractivity contribution in [1.29, 1.82) is 0 Å². The Morgan fingerprint density at radius 1 is 0.611 bits per heavy atom. The summed E-state index contributed by atoms with van der Waals surface area (Å²) in [6, 6.07) is 12.2. The molecule has 0 aromatic heterocycles. The van der Waals surface area contributed by atoms with Crippen LogP contribution in [0.25, 0.3) is 12.2 Å². The van der Waals surface area contributed by atoms with E-state index in [4.69, 9.17) is 0 Å². The standard InChI is InChI=1S/C15H19.C12H13.C6H12.2ClH.Zr/c1-10(2)12-8-9-13(11(3)4)15-7-5-6-14(12)15;1-9(2)11-7-3-5-10-6-4-8-12(10)11;1-3-5-6-4-2;;;/h5-11H,1-4H3;3-9H,1-2H3;1-6H2;2*1H;/q;;;;;+2/p-2. The fraction of sp³-hybridized carbons (Fsp3) is 0.515. The molecule has 1 heterocycles. The molecular formula is C33H44Cl2Zr. The minimum atomic E-state index is -2.76. The third kappa shape index (κ3) is 5.04. The molecule has 2 aliphatic carbocycles. The Kier molecular flexibility index (Phi) is 10.0. The third-order valence-corrected chi connectivity index (χ3v) is 24.0. The number of fused-ring (bicyclic) bond motifs is 2. The molecule has 0 N–H and O–H groups in total. The molecule has 0 nitrogen and oxygen atoms in total. The number of rotatable bonds is 5. The first-order valence-electron chi connectivity index (χ1n) is 14.0.